The van der Waals surface area contributed by atoms with Gasteiger partial charge in [0.2, 0.25) is 5.88 Å². The Kier molecular flexibility index (Phi) is 7.01. The van der Waals surface area contributed by atoms with Gasteiger partial charge in [0.15, 0.2) is 0 Å². The Morgan fingerprint density at radius 3 is 2.44 bits per heavy atom. The summed E-state index contributed by atoms with van der Waals surface area (Å²) in [5, 5.41) is 13.3. The lowest BCUT2D eigenvalue weighted by Crippen LogP contribution is -2.32. The van der Waals surface area contributed by atoms with Crippen molar-refractivity contribution in [3.8, 4) is 11.6 Å². The number of nitrogen functional groups attached to an aromatic ring is 1. The largest absolute Gasteiger partial charge is 0.438 e. The van der Waals surface area contributed by atoms with Gasteiger partial charge in [0.1, 0.15) is 11.3 Å². The number of aliphatic hydroxyl groups is 1. The molecule has 7 nitrogen and oxygen atoms in total. The number of hydrogen-bond donors (Lipinski definition) is 4. The van der Waals surface area contributed by atoms with Crippen LogP contribution < -0.4 is 21.3 Å². The van der Waals surface area contributed by atoms with Gasteiger partial charge in [-0.25, -0.2) is 10.8 Å². The second kappa shape index (κ2) is 9.03. The molecule has 0 aliphatic carbocycles. The minimum absolute atomic E-state index is 0.0762. The number of aromatic nitrogens is 1. The maximum Gasteiger partial charge on any atom is 0.272 e. The van der Waals surface area contributed by atoms with Gasteiger partial charge in [-0.3, -0.25) is 10.2 Å². The van der Waals surface area contributed by atoms with Crippen LogP contribution in [0.2, 0.25) is 5.02 Å². The number of nitrogens with zero attached hydrogens (tertiary/aromatic N) is 1. The van der Waals surface area contributed by atoms with E-state index in [4.69, 9.17) is 22.2 Å². The number of aliphatic hydroxyl groups excluding tert-OH is 1. The summed E-state index contributed by atoms with van der Waals surface area (Å²) in [6, 6.07) is 5.06. The van der Waals surface area contributed by atoms with E-state index in [0.717, 1.165) is 11.1 Å². The lowest BCUT2D eigenvalue weighted by molar-refractivity contribution is 0.0951. The number of carbonyl (C=O) groups is 1. The fourth-order valence-corrected chi connectivity index (χ4v) is 3.10. The third kappa shape index (κ3) is 4.88. The Hall–Kier alpha value is -2.35. The molecule has 8 heteroatoms. The molecule has 0 spiro atoms. The molecule has 1 aromatic heterocycles. The van der Waals surface area contributed by atoms with Gasteiger partial charge in [0.05, 0.1) is 12.3 Å². The monoisotopic (exact) mass is 392 g/mol. The van der Waals surface area contributed by atoms with E-state index in [1.807, 2.05) is 20.8 Å². The molecule has 2 rings (SSSR count). The molecule has 1 amide bonds. The van der Waals surface area contributed by atoms with E-state index in [0.29, 0.717) is 28.6 Å². The third-order valence-electron chi connectivity index (χ3n) is 4.17. The first-order chi connectivity index (χ1) is 12.8. The number of anilines is 1. The number of halogens is 1. The van der Waals surface area contributed by atoms with Crippen LogP contribution in [-0.4, -0.2) is 28.6 Å². The predicted molar refractivity (Wildman–Crippen MR) is 106 cm³/mol. The summed E-state index contributed by atoms with van der Waals surface area (Å²) in [7, 11) is 0. The van der Waals surface area contributed by atoms with Gasteiger partial charge in [-0.05, 0) is 56.5 Å². The topological polar surface area (TPSA) is 109 Å². The first-order valence-corrected chi connectivity index (χ1v) is 9.03. The smallest absolute Gasteiger partial charge is 0.272 e. The summed E-state index contributed by atoms with van der Waals surface area (Å²) in [5.41, 5.74) is 5.08. The molecule has 2 aromatic rings. The zero-order valence-electron chi connectivity index (χ0n) is 15.9. The number of benzene rings is 1. The molecule has 0 saturated heterocycles. The zero-order valence-corrected chi connectivity index (χ0v) is 16.6. The number of pyridine rings is 1. The number of amides is 1. The third-order valence-corrected chi connectivity index (χ3v) is 4.39. The Bertz CT molecular complexity index is 815. The summed E-state index contributed by atoms with van der Waals surface area (Å²) in [5.74, 6) is 5.53. The highest BCUT2D eigenvalue weighted by molar-refractivity contribution is 6.30. The minimum atomic E-state index is -0.544. The Morgan fingerprint density at radius 1 is 1.30 bits per heavy atom. The number of hydrogen-bond acceptors (Lipinski definition) is 6. The minimum Gasteiger partial charge on any atom is -0.438 e. The fourth-order valence-electron chi connectivity index (χ4n) is 2.78. The van der Waals surface area contributed by atoms with Gasteiger partial charge in [0, 0.05) is 16.8 Å². The first kappa shape index (κ1) is 21.0. The Balaban J connectivity index is 2.58. The van der Waals surface area contributed by atoms with Crippen molar-refractivity contribution in [1.29, 1.82) is 0 Å². The highest BCUT2D eigenvalue weighted by Crippen LogP contribution is 2.35. The number of nitrogens with one attached hydrogen (secondary N) is 2. The Labute approximate surface area is 163 Å². The summed E-state index contributed by atoms with van der Waals surface area (Å²) in [4.78, 5) is 16.8. The maximum absolute atomic E-state index is 12.5. The van der Waals surface area contributed by atoms with Crippen molar-refractivity contribution in [3.05, 3.63) is 45.6 Å². The van der Waals surface area contributed by atoms with Gasteiger partial charge in [-0.15, -0.1) is 0 Å². The molecular formula is C19H25ClN4O3. The van der Waals surface area contributed by atoms with Crippen LogP contribution in [0.15, 0.2) is 18.2 Å². The van der Waals surface area contributed by atoms with Gasteiger partial charge in [-0.2, -0.15) is 0 Å². The average molecular weight is 393 g/mol. The van der Waals surface area contributed by atoms with Crippen molar-refractivity contribution in [3.63, 3.8) is 0 Å². The molecule has 1 aromatic carbocycles. The van der Waals surface area contributed by atoms with Crippen molar-refractivity contribution in [2.75, 3.05) is 11.9 Å². The number of aryl methyl sites for hydroxylation is 3. The van der Waals surface area contributed by atoms with Crippen molar-refractivity contribution >= 4 is 23.2 Å². The first-order valence-electron chi connectivity index (χ1n) is 8.65. The molecule has 0 saturated carbocycles. The van der Waals surface area contributed by atoms with Crippen LogP contribution in [0.25, 0.3) is 0 Å². The molecule has 0 aliphatic heterocycles. The second-order valence-corrected chi connectivity index (χ2v) is 6.80. The van der Waals surface area contributed by atoms with E-state index in [1.54, 1.807) is 25.1 Å². The number of nitrogens with two attached hydrogens (primary N) is 1. The molecule has 27 heavy (non-hydrogen) atoms. The number of carbonyl (C=O) groups excluding carboxylic acids is 1. The molecule has 5 N–H and O–H groups in total. The van der Waals surface area contributed by atoms with Crippen LogP contribution in [0.5, 0.6) is 11.6 Å². The summed E-state index contributed by atoms with van der Waals surface area (Å²) in [6.45, 7) is 7.38. The van der Waals surface area contributed by atoms with Crippen LogP contribution in [0.4, 0.5) is 5.69 Å². The summed E-state index contributed by atoms with van der Waals surface area (Å²) in [6.07, 6.45) is 0.674. The average Bonchev–Trinajstić information content (AvgIpc) is 2.61. The van der Waals surface area contributed by atoms with Gasteiger partial charge < -0.3 is 15.2 Å². The summed E-state index contributed by atoms with van der Waals surface area (Å²) < 4.78 is 6.03. The van der Waals surface area contributed by atoms with Crippen LogP contribution in [0.3, 0.4) is 0 Å². The lowest BCUT2D eigenvalue weighted by Gasteiger charge is -2.21. The van der Waals surface area contributed by atoms with E-state index in [2.05, 4.69) is 15.7 Å². The molecule has 1 heterocycles. The SMILES string of the molecule is CCC(CO)Nc1cc(C)nc(Oc2c(C)cc(Cl)cc2C)c1C(=O)NN. The Morgan fingerprint density at radius 2 is 1.93 bits per heavy atom. The number of rotatable bonds is 7. The van der Waals surface area contributed by atoms with Crippen molar-refractivity contribution < 1.29 is 14.6 Å². The number of hydrazine groups is 1. The van der Waals surface area contributed by atoms with Gasteiger partial charge in [0.25, 0.3) is 5.91 Å². The summed E-state index contributed by atoms with van der Waals surface area (Å²) >= 11 is 6.08. The second-order valence-electron chi connectivity index (χ2n) is 6.37. The van der Waals surface area contributed by atoms with Gasteiger partial charge >= 0.3 is 0 Å². The predicted octanol–water partition coefficient (Wildman–Crippen LogP) is 3.24. The van der Waals surface area contributed by atoms with Crippen molar-refractivity contribution in [2.24, 2.45) is 5.84 Å². The van der Waals surface area contributed by atoms with Crippen LogP contribution in [0.1, 0.15) is 40.5 Å². The molecule has 146 valence electrons. The molecule has 1 unspecified atom stereocenters. The van der Waals surface area contributed by atoms with E-state index >= 15 is 0 Å². The molecule has 0 bridgehead atoms. The highest BCUT2D eigenvalue weighted by atomic mass is 35.5. The van der Waals surface area contributed by atoms with Crippen LogP contribution >= 0.6 is 11.6 Å². The molecule has 0 fully saturated rings. The maximum atomic E-state index is 12.5. The molecule has 0 aliphatic rings. The van der Waals surface area contributed by atoms with E-state index < -0.39 is 5.91 Å². The van der Waals surface area contributed by atoms with E-state index in [1.165, 1.54) is 0 Å². The van der Waals surface area contributed by atoms with Crippen molar-refractivity contribution in [2.45, 2.75) is 40.2 Å². The van der Waals surface area contributed by atoms with Crippen LogP contribution in [0, 0.1) is 20.8 Å². The van der Waals surface area contributed by atoms with Crippen molar-refractivity contribution in [1.82, 2.24) is 10.4 Å². The van der Waals surface area contributed by atoms with Crippen LogP contribution in [-0.2, 0) is 0 Å². The normalized spacial score (nSPS) is 11.8. The molecule has 1 atom stereocenters. The van der Waals surface area contributed by atoms with Gasteiger partial charge in [-0.1, -0.05) is 18.5 Å². The lowest BCUT2D eigenvalue weighted by atomic mass is 10.1. The highest BCUT2D eigenvalue weighted by Gasteiger charge is 2.23. The van der Waals surface area contributed by atoms with E-state index in [9.17, 15) is 9.90 Å². The molecular weight excluding hydrogens is 368 g/mol. The standard InChI is InChI=1S/C19H25ClN4O3/c1-5-14(9-25)23-15-8-12(4)22-19(16(15)18(26)24-21)27-17-10(2)6-13(20)7-11(17)3/h6-8,14,25H,5,9,21H2,1-4H3,(H,22,23)(H,24,26). The molecule has 0 radical (unpaired) electrons. The quantitative estimate of drug-likeness (QED) is 0.327. The number of ether oxygens (including phenoxy) is 1. The fraction of sp³-hybridized carbons (Fsp3) is 0.368. The van der Waals surface area contributed by atoms with E-state index in [-0.39, 0.29) is 24.1 Å². The zero-order chi connectivity index (χ0) is 20.1.